The molecule has 0 aliphatic heterocycles. The lowest BCUT2D eigenvalue weighted by molar-refractivity contribution is -0.145. The topological polar surface area (TPSA) is 99.0 Å². The summed E-state index contributed by atoms with van der Waals surface area (Å²) in [5.41, 5.74) is 3.47. The summed E-state index contributed by atoms with van der Waals surface area (Å²) >= 11 is 1.25. The number of ether oxygens (including phenoxy) is 1. The van der Waals surface area contributed by atoms with E-state index in [2.05, 4.69) is 27.0 Å². The molecule has 0 saturated heterocycles. The van der Waals surface area contributed by atoms with Gasteiger partial charge in [0.05, 0.1) is 17.9 Å². The van der Waals surface area contributed by atoms with Crippen LogP contribution in [-0.4, -0.2) is 50.0 Å². The zero-order chi connectivity index (χ0) is 24.1. The molecule has 0 fully saturated rings. The molecule has 0 aliphatic rings. The van der Waals surface area contributed by atoms with E-state index in [1.807, 2.05) is 61.5 Å². The molecule has 0 radical (unpaired) electrons. The highest BCUT2D eigenvalue weighted by Gasteiger charge is 2.27. The van der Waals surface area contributed by atoms with E-state index in [1.54, 1.807) is 0 Å². The second-order valence-electron chi connectivity index (χ2n) is 7.82. The van der Waals surface area contributed by atoms with E-state index < -0.39 is 17.3 Å². The molecule has 1 N–H and O–H groups in total. The van der Waals surface area contributed by atoms with Crippen LogP contribution in [0, 0.1) is 0 Å². The number of hydrogen-bond acceptors (Lipinski definition) is 7. The van der Waals surface area contributed by atoms with Gasteiger partial charge in [-0.2, -0.15) is 0 Å². The third-order valence-electron chi connectivity index (χ3n) is 5.67. The third kappa shape index (κ3) is 4.89. The Kier molecular flexibility index (Phi) is 7.42. The van der Waals surface area contributed by atoms with Gasteiger partial charge in [0.1, 0.15) is 11.6 Å². The van der Waals surface area contributed by atoms with Gasteiger partial charge in [-0.1, -0.05) is 67.2 Å². The van der Waals surface area contributed by atoms with Gasteiger partial charge in [0, 0.05) is 18.4 Å². The summed E-state index contributed by atoms with van der Waals surface area (Å²) in [7, 11) is 1.32. The third-order valence-corrected chi connectivity index (χ3v) is 6.88. The Morgan fingerprint density at radius 2 is 1.79 bits per heavy atom. The van der Waals surface area contributed by atoms with Crippen LogP contribution in [0.3, 0.4) is 0 Å². The Labute approximate surface area is 202 Å². The second kappa shape index (κ2) is 10.6. The summed E-state index contributed by atoms with van der Waals surface area (Å²) in [6.45, 7) is 4.71. The maximum absolute atomic E-state index is 13.1. The van der Waals surface area contributed by atoms with Crippen LogP contribution in [-0.2, 0) is 27.3 Å². The van der Waals surface area contributed by atoms with Gasteiger partial charge in [-0.3, -0.25) is 4.79 Å². The molecule has 0 spiro atoms. The average molecular weight is 478 g/mol. The average Bonchev–Trinajstić information content (AvgIpc) is 3.19. The normalized spacial score (nSPS) is 13.0. The number of hydrogen-bond donors (Lipinski definition) is 1. The van der Waals surface area contributed by atoms with E-state index in [0.29, 0.717) is 18.0 Å². The lowest BCUT2D eigenvalue weighted by atomic mass is 10.1. The molecule has 4 aromatic rings. The number of nitrogens with zero attached hydrogens (tertiary/aromatic N) is 4. The van der Waals surface area contributed by atoms with E-state index in [4.69, 9.17) is 9.72 Å². The maximum atomic E-state index is 13.1. The van der Waals surface area contributed by atoms with Gasteiger partial charge in [0.2, 0.25) is 11.1 Å². The number of fused-ring (bicyclic) bond motifs is 3. The molecule has 9 heteroatoms. The molecule has 2 heterocycles. The van der Waals surface area contributed by atoms with Crippen molar-refractivity contribution in [2.24, 2.45) is 0 Å². The summed E-state index contributed by atoms with van der Waals surface area (Å²) in [5, 5.41) is 12.5. The van der Waals surface area contributed by atoms with Crippen molar-refractivity contribution in [3.05, 3.63) is 60.2 Å². The molecule has 2 atom stereocenters. The highest BCUT2D eigenvalue weighted by atomic mass is 32.2. The van der Waals surface area contributed by atoms with Gasteiger partial charge in [0.15, 0.2) is 5.65 Å². The monoisotopic (exact) mass is 477 g/mol. The van der Waals surface area contributed by atoms with Crippen LogP contribution in [0.2, 0.25) is 0 Å². The number of esters is 1. The quantitative estimate of drug-likeness (QED) is 0.289. The molecule has 2 unspecified atom stereocenters. The van der Waals surface area contributed by atoms with Crippen molar-refractivity contribution in [2.45, 2.75) is 49.7 Å². The van der Waals surface area contributed by atoms with Gasteiger partial charge in [0.25, 0.3) is 0 Å². The van der Waals surface area contributed by atoms with Gasteiger partial charge >= 0.3 is 5.97 Å². The zero-order valence-electron chi connectivity index (χ0n) is 19.4. The van der Waals surface area contributed by atoms with Crippen molar-refractivity contribution in [3.8, 4) is 0 Å². The number of carbonyl (C=O) groups is 2. The number of rotatable bonds is 9. The number of thioether (sulfide) groups is 1. The number of carbonyl (C=O) groups excluding carboxylic acids is 2. The summed E-state index contributed by atoms with van der Waals surface area (Å²) in [6, 6.07) is 16.7. The molecule has 2 aromatic heterocycles. The predicted octanol–water partition coefficient (Wildman–Crippen LogP) is 3.77. The Hall–Kier alpha value is -3.46. The molecular formula is C25H27N5O3S. The highest BCUT2D eigenvalue weighted by Crippen LogP contribution is 2.28. The van der Waals surface area contributed by atoms with Crippen LogP contribution in [0.1, 0.15) is 25.8 Å². The van der Waals surface area contributed by atoms with E-state index in [-0.39, 0.29) is 5.91 Å². The smallest absolute Gasteiger partial charge is 0.328 e. The van der Waals surface area contributed by atoms with Gasteiger partial charge in [-0.25, -0.2) is 9.78 Å². The first kappa shape index (κ1) is 23.7. The van der Waals surface area contributed by atoms with Crippen molar-refractivity contribution in [2.75, 3.05) is 7.11 Å². The fourth-order valence-electron chi connectivity index (χ4n) is 3.96. The molecule has 0 saturated carbocycles. The van der Waals surface area contributed by atoms with Crippen molar-refractivity contribution in [1.82, 2.24) is 25.1 Å². The molecule has 176 valence electrons. The molecule has 2 aromatic carbocycles. The summed E-state index contributed by atoms with van der Waals surface area (Å²) in [4.78, 5) is 30.2. The number of aromatic nitrogens is 4. The van der Waals surface area contributed by atoms with Crippen LogP contribution in [0.5, 0.6) is 0 Å². The zero-order valence-corrected chi connectivity index (χ0v) is 20.2. The predicted molar refractivity (Wildman–Crippen MR) is 133 cm³/mol. The first-order chi connectivity index (χ1) is 16.5. The number of para-hydroxylation sites is 1. The highest BCUT2D eigenvalue weighted by molar-refractivity contribution is 8.00. The van der Waals surface area contributed by atoms with Crippen LogP contribution in [0.4, 0.5) is 0 Å². The first-order valence-electron chi connectivity index (χ1n) is 11.3. The standard InChI is InChI=1S/C25H27N5O3S/c1-4-20(23(31)26-18(24(32)33-3)15-16-11-7-6-8-12-16)34-25-27-22-21(28-29-25)17-13-9-10-14-19(17)30(22)5-2/h6-14,18,20H,4-5,15H2,1-3H3,(H,26,31). The molecule has 0 aliphatic carbocycles. The SMILES string of the molecule is CCC(Sc1nnc2c3ccccc3n(CC)c2n1)C(=O)NC(Cc1ccccc1)C(=O)OC. The van der Waals surface area contributed by atoms with E-state index >= 15 is 0 Å². The summed E-state index contributed by atoms with van der Waals surface area (Å²) in [5.74, 6) is -0.748. The number of amides is 1. The molecule has 34 heavy (non-hydrogen) atoms. The Balaban J connectivity index is 1.55. The lowest BCUT2D eigenvalue weighted by Crippen LogP contribution is -2.46. The fourth-order valence-corrected chi connectivity index (χ4v) is 4.78. The minimum absolute atomic E-state index is 0.265. The Bertz CT molecular complexity index is 1310. The Morgan fingerprint density at radius 1 is 1.06 bits per heavy atom. The van der Waals surface area contributed by atoms with E-state index in [1.165, 1.54) is 18.9 Å². The molecule has 1 amide bonds. The largest absolute Gasteiger partial charge is 0.467 e. The molecule has 4 rings (SSSR count). The number of methoxy groups -OCH3 is 1. The van der Waals surface area contributed by atoms with E-state index in [9.17, 15) is 9.59 Å². The summed E-state index contributed by atoms with van der Waals surface area (Å²) in [6.07, 6.45) is 0.884. The first-order valence-corrected chi connectivity index (χ1v) is 12.1. The van der Waals surface area contributed by atoms with Gasteiger partial charge < -0.3 is 14.6 Å². The van der Waals surface area contributed by atoms with Crippen molar-refractivity contribution in [1.29, 1.82) is 0 Å². The second-order valence-corrected chi connectivity index (χ2v) is 8.99. The van der Waals surface area contributed by atoms with Crippen molar-refractivity contribution < 1.29 is 14.3 Å². The van der Waals surface area contributed by atoms with Crippen molar-refractivity contribution in [3.63, 3.8) is 0 Å². The molecule has 8 nitrogen and oxygen atoms in total. The fraction of sp³-hybridized carbons (Fsp3) is 0.320. The van der Waals surface area contributed by atoms with Crippen LogP contribution in [0.25, 0.3) is 22.1 Å². The van der Waals surface area contributed by atoms with Crippen molar-refractivity contribution >= 4 is 45.7 Å². The minimum Gasteiger partial charge on any atom is -0.467 e. The van der Waals surface area contributed by atoms with Crippen LogP contribution >= 0.6 is 11.8 Å². The number of aryl methyl sites for hydroxylation is 1. The van der Waals surface area contributed by atoms with E-state index in [0.717, 1.165) is 34.2 Å². The number of benzene rings is 2. The van der Waals surface area contributed by atoms with Crippen LogP contribution in [0.15, 0.2) is 59.8 Å². The molecular weight excluding hydrogens is 450 g/mol. The van der Waals surface area contributed by atoms with Gasteiger partial charge in [-0.05, 0) is 25.0 Å². The maximum Gasteiger partial charge on any atom is 0.328 e. The van der Waals surface area contributed by atoms with Gasteiger partial charge in [-0.15, -0.1) is 10.2 Å². The summed E-state index contributed by atoms with van der Waals surface area (Å²) < 4.78 is 7.02. The van der Waals surface area contributed by atoms with Crippen LogP contribution < -0.4 is 5.32 Å². The number of nitrogens with one attached hydrogen (secondary N) is 1. The Morgan fingerprint density at radius 3 is 2.50 bits per heavy atom. The minimum atomic E-state index is -0.779. The lowest BCUT2D eigenvalue weighted by Gasteiger charge is -2.20. The molecule has 0 bridgehead atoms.